The summed E-state index contributed by atoms with van der Waals surface area (Å²) in [4.78, 5) is 4.75. The highest BCUT2D eigenvalue weighted by atomic mass is 32.2. The number of halogens is 5. The van der Waals surface area contributed by atoms with Gasteiger partial charge in [-0.25, -0.2) is 35.4 Å². The third-order valence-electron chi connectivity index (χ3n) is 6.23. The lowest BCUT2D eigenvalue weighted by molar-refractivity contribution is 0.356. The van der Waals surface area contributed by atoms with Gasteiger partial charge in [-0.2, -0.15) is 0 Å². The first-order valence-corrected chi connectivity index (χ1v) is 12.9. The molecule has 0 aliphatic carbocycles. The van der Waals surface area contributed by atoms with Crippen LogP contribution in [0, 0.1) is 42.9 Å². The Bertz CT molecular complexity index is 1320. The summed E-state index contributed by atoms with van der Waals surface area (Å²) in [5.41, 5.74) is 4.40. The van der Waals surface area contributed by atoms with Crippen LogP contribution in [0.25, 0.3) is 0 Å². The number of aryl methyl sites for hydroxylation is 1. The molecule has 182 valence electrons. The molecule has 4 rings (SSSR count). The van der Waals surface area contributed by atoms with Crippen LogP contribution in [0.2, 0.25) is 0 Å². The number of hydrogen-bond acceptors (Lipinski definition) is 5. The number of nitrogens with zero attached hydrogens (tertiary/aromatic N) is 2. The van der Waals surface area contributed by atoms with E-state index in [4.69, 9.17) is 0 Å². The van der Waals surface area contributed by atoms with Crippen LogP contribution in [0.15, 0.2) is 28.5 Å². The monoisotopic (exact) mass is 516 g/mol. The summed E-state index contributed by atoms with van der Waals surface area (Å²) < 4.78 is 94.2. The van der Waals surface area contributed by atoms with E-state index in [1.54, 1.807) is 0 Å². The summed E-state index contributed by atoms with van der Waals surface area (Å²) in [6.07, 6.45) is 0.580. The minimum atomic E-state index is -4.78. The van der Waals surface area contributed by atoms with Crippen LogP contribution in [0.3, 0.4) is 0 Å². The zero-order valence-corrected chi connectivity index (χ0v) is 20.0. The summed E-state index contributed by atoms with van der Waals surface area (Å²) in [6, 6.07) is 6.06. The van der Waals surface area contributed by atoms with Gasteiger partial charge in [0.15, 0.2) is 38.2 Å². The van der Waals surface area contributed by atoms with Gasteiger partial charge in [-0.3, -0.25) is 0 Å². The molecule has 0 spiro atoms. The average molecular weight is 517 g/mol. The molecular weight excluding hydrogens is 495 g/mol. The van der Waals surface area contributed by atoms with Crippen LogP contribution in [0.4, 0.5) is 27.1 Å². The fraction of sp³-hybridized carbons (Fsp3) is 0.348. The molecule has 1 fully saturated rings. The van der Waals surface area contributed by atoms with Gasteiger partial charge in [-0.1, -0.05) is 18.2 Å². The van der Waals surface area contributed by atoms with Crippen LogP contribution in [-0.2, 0) is 16.3 Å². The molecule has 1 saturated heterocycles. The van der Waals surface area contributed by atoms with Gasteiger partial charge in [-0.05, 0) is 43.4 Å². The molecule has 0 unspecified atom stereocenters. The van der Waals surface area contributed by atoms with E-state index < -0.39 is 49.1 Å². The number of benzene rings is 2. The Balaban J connectivity index is 1.49. The van der Waals surface area contributed by atoms with Gasteiger partial charge in [0.1, 0.15) is 4.90 Å². The van der Waals surface area contributed by atoms with Crippen molar-refractivity contribution in [3.05, 3.63) is 75.0 Å². The second-order valence-electron chi connectivity index (χ2n) is 8.29. The van der Waals surface area contributed by atoms with Crippen LogP contribution in [0.5, 0.6) is 0 Å². The van der Waals surface area contributed by atoms with Gasteiger partial charge in [0.05, 0.1) is 10.9 Å². The predicted molar refractivity (Wildman–Crippen MR) is 119 cm³/mol. The van der Waals surface area contributed by atoms with Crippen molar-refractivity contribution in [1.82, 2.24) is 4.98 Å². The van der Waals surface area contributed by atoms with E-state index >= 15 is 0 Å². The average Bonchev–Trinajstić information content (AvgIpc) is 3.28. The molecular formula is C23H21F5N2O2S2. The van der Waals surface area contributed by atoms with Crippen LogP contribution in [-0.4, -0.2) is 31.7 Å². The van der Waals surface area contributed by atoms with Gasteiger partial charge in [-0.15, -0.1) is 11.3 Å². The standard InChI is InChI=1S/C23H21F5N2O2S2/c1-12-4-3-5-14(13(12)2)10-15-11-33-23(29-15)30-8-6-16(7-9-30)34(31,32)22-20(27)18(25)17(24)19(26)21(22)28/h3-5,11,16H,6-10H2,1-2H3. The maximum Gasteiger partial charge on any atom is 0.200 e. The molecule has 0 amide bonds. The normalized spacial score (nSPS) is 15.2. The number of anilines is 1. The number of hydrogen-bond donors (Lipinski definition) is 0. The molecule has 2 heterocycles. The highest BCUT2D eigenvalue weighted by molar-refractivity contribution is 7.92. The molecule has 3 aromatic rings. The molecule has 2 aromatic carbocycles. The van der Waals surface area contributed by atoms with E-state index in [-0.39, 0.29) is 25.9 Å². The van der Waals surface area contributed by atoms with Crippen LogP contribution < -0.4 is 4.90 Å². The van der Waals surface area contributed by atoms with Crippen molar-refractivity contribution in [1.29, 1.82) is 0 Å². The van der Waals surface area contributed by atoms with Crippen molar-refractivity contribution >= 4 is 26.3 Å². The molecule has 11 heteroatoms. The lowest BCUT2D eigenvalue weighted by atomic mass is 10.0. The molecule has 1 aliphatic heterocycles. The first-order chi connectivity index (χ1) is 16.0. The molecule has 4 nitrogen and oxygen atoms in total. The van der Waals surface area contributed by atoms with Crippen molar-refractivity contribution in [3.63, 3.8) is 0 Å². The summed E-state index contributed by atoms with van der Waals surface area (Å²) in [7, 11) is -4.78. The van der Waals surface area contributed by atoms with E-state index in [0.29, 0.717) is 11.6 Å². The van der Waals surface area contributed by atoms with Gasteiger partial charge < -0.3 is 4.90 Å². The van der Waals surface area contributed by atoms with Crippen molar-refractivity contribution in [2.75, 3.05) is 18.0 Å². The molecule has 0 bridgehead atoms. The third kappa shape index (κ3) is 4.31. The van der Waals surface area contributed by atoms with Crippen molar-refractivity contribution < 1.29 is 30.4 Å². The molecule has 0 atom stereocenters. The minimum absolute atomic E-state index is 0.0340. The molecule has 0 N–H and O–H groups in total. The fourth-order valence-electron chi connectivity index (χ4n) is 4.08. The number of rotatable bonds is 5. The lowest BCUT2D eigenvalue weighted by Crippen LogP contribution is -2.40. The summed E-state index contributed by atoms with van der Waals surface area (Å²) in [5.74, 6) is -11.6. The van der Waals surface area contributed by atoms with E-state index in [2.05, 4.69) is 4.98 Å². The van der Waals surface area contributed by atoms with E-state index in [0.717, 1.165) is 11.3 Å². The van der Waals surface area contributed by atoms with Crippen molar-refractivity contribution in [2.45, 2.75) is 43.3 Å². The van der Waals surface area contributed by atoms with Gasteiger partial charge in [0.2, 0.25) is 5.82 Å². The summed E-state index contributed by atoms with van der Waals surface area (Å²) in [5, 5.41) is 1.34. The number of aromatic nitrogens is 1. The van der Waals surface area contributed by atoms with Gasteiger partial charge in [0.25, 0.3) is 0 Å². The van der Waals surface area contributed by atoms with Crippen LogP contribution >= 0.6 is 11.3 Å². The Hall–Kier alpha value is -2.53. The zero-order chi connectivity index (χ0) is 24.8. The highest BCUT2D eigenvalue weighted by Gasteiger charge is 2.39. The van der Waals surface area contributed by atoms with Gasteiger partial charge >= 0.3 is 0 Å². The smallest absolute Gasteiger partial charge is 0.200 e. The first-order valence-electron chi connectivity index (χ1n) is 10.5. The Morgan fingerprint density at radius 1 is 0.971 bits per heavy atom. The maximum absolute atomic E-state index is 14.1. The third-order valence-corrected chi connectivity index (χ3v) is 9.46. The summed E-state index contributed by atoms with van der Waals surface area (Å²) in [6.45, 7) is 4.52. The first kappa shape index (κ1) is 24.6. The van der Waals surface area contributed by atoms with Gasteiger partial charge in [0, 0.05) is 24.9 Å². The molecule has 1 aliphatic rings. The van der Waals surface area contributed by atoms with E-state index in [1.807, 2.05) is 42.3 Å². The number of sulfone groups is 1. The topological polar surface area (TPSA) is 50.3 Å². The quantitative estimate of drug-likeness (QED) is 0.195. The molecule has 34 heavy (non-hydrogen) atoms. The van der Waals surface area contributed by atoms with Crippen molar-refractivity contribution in [2.24, 2.45) is 0 Å². The van der Waals surface area contributed by atoms with Crippen molar-refractivity contribution in [3.8, 4) is 0 Å². The Morgan fingerprint density at radius 2 is 1.56 bits per heavy atom. The van der Waals surface area contributed by atoms with Crippen LogP contribution in [0.1, 0.15) is 35.2 Å². The SMILES string of the molecule is Cc1cccc(Cc2csc(N3CCC(S(=O)(=O)c4c(F)c(F)c(F)c(F)c4F)CC3)n2)c1C. The van der Waals surface area contributed by atoms with E-state index in [9.17, 15) is 30.4 Å². The lowest BCUT2D eigenvalue weighted by Gasteiger charge is -2.31. The maximum atomic E-state index is 14.1. The highest BCUT2D eigenvalue weighted by Crippen LogP contribution is 2.34. The second-order valence-corrected chi connectivity index (χ2v) is 11.3. The summed E-state index contributed by atoms with van der Waals surface area (Å²) >= 11 is 1.41. The zero-order valence-electron chi connectivity index (χ0n) is 18.3. The Morgan fingerprint density at radius 3 is 2.18 bits per heavy atom. The number of thiazole rings is 1. The molecule has 1 aromatic heterocycles. The Labute approximate surface area is 198 Å². The van der Waals surface area contributed by atoms with E-state index in [1.165, 1.54) is 22.5 Å². The fourth-order valence-corrected chi connectivity index (χ4v) is 6.80. The minimum Gasteiger partial charge on any atom is -0.348 e. The molecule has 0 radical (unpaired) electrons. The predicted octanol–water partition coefficient (Wildman–Crippen LogP) is 5.49. The second kappa shape index (κ2) is 9.26. The largest absolute Gasteiger partial charge is 0.348 e. The molecule has 0 saturated carbocycles. The number of piperidine rings is 1. The Kier molecular flexibility index (Phi) is 6.69.